The van der Waals surface area contributed by atoms with Gasteiger partial charge in [-0.25, -0.2) is 33.9 Å². The van der Waals surface area contributed by atoms with E-state index in [0.717, 1.165) is 47.4 Å². The molecule has 0 unspecified atom stereocenters. The number of aryl methyl sites for hydroxylation is 1. The third-order valence-electron chi connectivity index (χ3n) is 26.6. The maximum Gasteiger partial charge on any atom is 0.475 e. The molecular weight excluding hydrogens is 1660 g/mol. The van der Waals surface area contributed by atoms with Crippen molar-refractivity contribution in [1.82, 2.24) is 45.3 Å². The number of likely N-dealkylation sites (tertiary alicyclic amines) is 2. The van der Waals surface area contributed by atoms with E-state index < -0.39 is 155 Å². The average Bonchev–Trinajstić information content (AvgIpc) is 1.15. The molecule has 3 saturated heterocycles. The number of carbonyl (C=O) groups is 9. The monoisotopic (exact) mass is 1780 g/mol. The number of aromatic nitrogens is 4. The van der Waals surface area contributed by atoms with Crippen LogP contribution in [0.25, 0.3) is 22.3 Å². The Kier molecular flexibility index (Phi) is 28.7. The van der Waals surface area contributed by atoms with Gasteiger partial charge in [-0.1, -0.05) is 127 Å². The smallest absolute Gasteiger partial charge is 0.458 e. The summed E-state index contributed by atoms with van der Waals surface area (Å²) in [6.07, 6.45) is -0.437. The maximum atomic E-state index is 14.9. The first-order chi connectivity index (χ1) is 61.2. The molecule has 688 valence electrons. The highest BCUT2D eigenvalue weighted by atomic mass is 16.6. The molecule has 8 heterocycles. The summed E-state index contributed by atoms with van der Waals surface area (Å²) in [5.74, 6) is -7.35. The number of rotatable bonds is 21. The van der Waals surface area contributed by atoms with E-state index in [0.29, 0.717) is 72.3 Å². The number of esters is 4. The fourth-order valence-corrected chi connectivity index (χ4v) is 19.8. The van der Waals surface area contributed by atoms with Crippen LogP contribution in [-0.4, -0.2) is 230 Å². The number of pyridine rings is 2. The highest BCUT2D eigenvalue weighted by Gasteiger charge is 2.78. The van der Waals surface area contributed by atoms with Gasteiger partial charge in [-0.2, -0.15) is 0 Å². The molecule has 15 rings (SSSR count). The highest BCUT2D eigenvalue weighted by molar-refractivity contribution is 6.43. The van der Waals surface area contributed by atoms with Gasteiger partial charge in [-0.3, -0.25) is 29.0 Å². The lowest BCUT2D eigenvalue weighted by atomic mass is 9.44. The van der Waals surface area contributed by atoms with Gasteiger partial charge in [0.15, 0.2) is 23.1 Å². The number of hydrogen-bond donors (Lipinski definition) is 10. The third kappa shape index (κ3) is 19.4. The Hall–Kier alpha value is -11.2. The quantitative estimate of drug-likeness (QED) is 0.0142. The van der Waals surface area contributed by atoms with E-state index in [2.05, 4.69) is 37.7 Å². The molecule has 10 N–H and O–H groups in total. The number of aliphatic hydroxyl groups is 5. The van der Waals surface area contributed by atoms with Crippen LogP contribution < -0.4 is 26.2 Å². The third-order valence-corrected chi connectivity index (χ3v) is 26.6. The second-order valence-corrected chi connectivity index (χ2v) is 36.8. The number of ketones is 1. The van der Waals surface area contributed by atoms with Crippen molar-refractivity contribution in [1.29, 1.82) is 0 Å². The summed E-state index contributed by atoms with van der Waals surface area (Å²) in [6.45, 7) is 23.3. The molecule has 7 aromatic rings. The Morgan fingerprint density at radius 2 is 1.47 bits per heavy atom. The Balaban J connectivity index is 0.000000176. The fourth-order valence-electron chi connectivity index (χ4n) is 19.8. The lowest BCUT2D eigenvalue weighted by molar-refractivity contribution is -0.346. The zero-order valence-corrected chi connectivity index (χ0v) is 74.7. The molecule has 8 aliphatic rings. The Morgan fingerprint density at radius 3 is 2.07 bits per heavy atom. The number of benzene rings is 4. The number of alkyl carbamates (subject to hydrolysis) is 1. The van der Waals surface area contributed by atoms with Crippen LogP contribution in [0.3, 0.4) is 0 Å². The standard InChI is InChI=1S/C43H53NO14.C33H38N4O6.C19H25BN4O4/c1-22-26(55-37(51)32(48)30(24-15-11-9-12-16-24)44-38(52)58-39(3,4)5)20-43(53)35(56-36(50)25-17-13-10-14-18-25)33-41(8,34(49)31(47)29(22)40(43,6)7)27(46)19-28-42(33,21-54-28)57-23(2)45;1-3-22-23-16-21(43-32(40)36-14-10-20(11-15-36)35-12-6-5-7-13-35)8-9-27(23)34-29-24(22)18-37-28(29)17-26-25(30(37)38)19-42-31(39)33(26,41)4-2;1-13(2)10-17(20(27)28)24-18(25)15(11-14-6-4-3-5-7-14)23-19(26)16-12-21-8-9-22-16/h9-18,26-28,30-33,35,46-48,53H,19-21H2,1-8H3,(H,44,52);8-9,16-17,20,41H,3-7,10-15,18-19H2,1-2H3;3-9,12-13,15,17,27-28H,10-11H2,1-2H3,(H,23,26)(H,24,25)/t26-,27-,28+,30-,31+,32+,33-,35-,41+,42-,43+;33-;15-,17-/m000/s1. The van der Waals surface area contributed by atoms with Gasteiger partial charge >= 0.3 is 43.2 Å². The number of ether oxygens (including phenoxy) is 7. The predicted molar refractivity (Wildman–Crippen MR) is 469 cm³/mol. The minimum Gasteiger partial charge on any atom is -0.458 e. The number of nitrogens with one attached hydrogen (secondary N) is 3. The van der Waals surface area contributed by atoms with Gasteiger partial charge in [-0.15, -0.1) is 0 Å². The first-order valence-electron chi connectivity index (χ1n) is 44.1. The SMILES string of the molecule is CC(=O)O[C@@]12CO[C@@H]1C[C@H](O)[C@@]1(C)C(=O)[C@H](O)C3=C(C)[C@@H](OC(=O)[C@H](O)[C@@H](NC(=O)OC(C)(C)C)c4ccccc4)C[C@@](O)([C@@H](OC(=O)c4ccccc4)[C@H]21)C3(C)C.CC(C)C[C@H](NC(=O)[C@H](Cc1ccccc1)NC(=O)c1cnccn1)B(O)O.CCc1c2c(nc3ccc(OC(=O)N4CCC(N5CCCCC5)CC4)cc13)-c1cc3c(c(=O)n1C2)COC(=O)[C@]3(O)CC. The molecule has 33 nitrogen and oxygen atoms in total. The van der Waals surface area contributed by atoms with Gasteiger partial charge in [0, 0.05) is 79.6 Å². The number of amides is 4. The summed E-state index contributed by atoms with van der Waals surface area (Å²) in [7, 11) is -1.69. The van der Waals surface area contributed by atoms with Crippen LogP contribution in [0.1, 0.15) is 201 Å². The largest absolute Gasteiger partial charge is 0.475 e. The van der Waals surface area contributed by atoms with E-state index in [9.17, 15) is 83.5 Å². The molecule has 5 fully saturated rings. The number of aliphatic hydroxyl groups excluding tert-OH is 3. The van der Waals surface area contributed by atoms with E-state index >= 15 is 0 Å². The summed E-state index contributed by atoms with van der Waals surface area (Å²) < 4.78 is 42.2. The summed E-state index contributed by atoms with van der Waals surface area (Å²) in [5, 5.41) is 88.0. The van der Waals surface area contributed by atoms with E-state index in [4.69, 9.17) is 38.1 Å². The Labute approximate surface area is 747 Å². The molecule has 4 amide bonds. The molecule has 34 heteroatoms. The van der Waals surface area contributed by atoms with Gasteiger partial charge in [-0.05, 0) is 163 Å². The zero-order valence-electron chi connectivity index (χ0n) is 74.7. The topological polar surface area (TPSA) is 463 Å². The summed E-state index contributed by atoms with van der Waals surface area (Å²) in [6, 6.07) is 30.7. The second-order valence-electron chi connectivity index (χ2n) is 36.8. The van der Waals surface area contributed by atoms with E-state index in [1.807, 2.05) is 61.2 Å². The van der Waals surface area contributed by atoms with Crippen molar-refractivity contribution >= 4 is 71.7 Å². The summed E-state index contributed by atoms with van der Waals surface area (Å²) >= 11 is 0. The minimum atomic E-state index is -2.35. The minimum absolute atomic E-state index is 0.0637. The van der Waals surface area contributed by atoms with Crippen LogP contribution in [0.5, 0.6) is 5.75 Å². The fraction of sp³-hybridized carbons (Fsp3) is 0.505. The van der Waals surface area contributed by atoms with Gasteiger partial charge in [0.25, 0.3) is 11.5 Å². The van der Waals surface area contributed by atoms with Crippen LogP contribution >= 0.6 is 0 Å². The number of cyclic esters (lactones) is 1. The lowest BCUT2D eigenvalue weighted by Gasteiger charge is -2.67. The lowest BCUT2D eigenvalue weighted by Crippen LogP contribution is -2.81. The molecule has 129 heavy (non-hydrogen) atoms. The van der Waals surface area contributed by atoms with Crippen molar-refractivity contribution < 1.29 is 112 Å². The average molecular weight is 1780 g/mol. The number of carbonyl (C=O) groups excluding carboxylic acids is 9. The number of fused-ring (bicyclic) bond motifs is 10. The Bertz CT molecular complexity index is 5430. The molecule has 0 radical (unpaired) electrons. The number of hydrogen-bond acceptors (Lipinski definition) is 28. The molecule has 4 aromatic carbocycles. The van der Waals surface area contributed by atoms with Gasteiger partial charge in [0.05, 0.1) is 76.8 Å². The molecule has 5 aliphatic heterocycles. The van der Waals surface area contributed by atoms with Crippen molar-refractivity contribution in [2.45, 2.75) is 250 Å². The number of Topliss-reactive ketones (excluding diaryl/α,β-unsaturated/α-hetero) is 1. The zero-order chi connectivity index (χ0) is 93.1. The van der Waals surface area contributed by atoms with Crippen molar-refractivity contribution in [3.05, 3.63) is 200 Å². The highest BCUT2D eigenvalue weighted by Crippen LogP contribution is 2.64. The van der Waals surface area contributed by atoms with Gasteiger partial charge in [0.2, 0.25) is 5.91 Å². The van der Waals surface area contributed by atoms with E-state index in [-0.39, 0.29) is 72.5 Å². The number of piperidine rings is 2. The predicted octanol–water partition coefficient (Wildman–Crippen LogP) is 7.71. The first-order valence-corrected chi connectivity index (χ1v) is 44.1. The molecule has 2 bridgehead atoms. The first kappa shape index (κ1) is 95.4. The van der Waals surface area contributed by atoms with Crippen LogP contribution in [-0.2, 0) is 84.0 Å². The molecule has 0 spiro atoms. The van der Waals surface area contributed by atoms with Crippen LogP contribution in [0.2, 0.25) is 0 Å². The molecule has 3 aliphatic carbocycles. The second kappa shape index (κ2) is 38.8. The van der Waals surface area contributed by atoms with Crippen LogP contribution in [0.15, 0.2) is 150 Å². The molecule has 14 atom stereocenters. The summed E-state index contributed by atoms with van der Waals surface area (Å²) in [4.78, 5) is 151. The van der Waals surface area contributed by atoms with E-state index in [1.165, 1.54) is 76.9 Å². The van der Waals surface area contributed by atoms with Gasteiger partial charge < -0.3 is 99.1 Å². The van der Waals surface area contributed by atoms with Gasteiger partial charge in [0.1, 0.15) is 59.7 Å². The van der Waals surface area contributed by atoms with E-state index in [1.54, 1.807) is 107 Å². The van der Waals surface area contributed by atoms with Crippen molar-refractivity contribution in [2.24, 2.45) is 22.7 Å². The van der Waals surface area contributed by atoms with Crippen molar-refractivity contribution in [3.63, 3.8) is 0 Å². The summed E-state index contributed by atoms with van der Waals surface area (Å²) in [5.41, 5.74) is -4.81. The molecule has 2 saturated carbocycles. The van der Waals surface area contributed by atoms with Crippen molar-refractivity contribution in [3.8, 4) is 17.1 Å². The van der Waals surface area contributed by atoms with Crippen molar-refractivity contribution in [2.75, 3.05) is 32.8 Å². The normalized spacial score (nSPS) is 25.3. The Morgan fingerprint density at radius 1 is 0.798 bits per heavy atom. The van der Waals surface area contributed by atoms with Crippen LogP contribution in [0.4, 0.5) is 9.59 Å². The molecule has 3 aromatic heterocycles. The molecular formula is C95H116BN9O24. The maximum absolute atomic E-state index is 14.9. The van der Waals surface area contributed by atoms with Crippen LogP contribution in [0, 0.1) is 22.7 Å². The number of nitrogens with zero attached hydrogens (tertiary/aromatic N) is 6.